The molecule has 0 radical (unpaired) electrons. The summed E-state index contributed by atoms with van der Waals surface area (Å²) in [6.07, 6.45) is -1.63. The number of carbonyl (C=O) groups is 3. The molecule has 5 rings (SSSR count). The van der Waals surface area contributed by atoms with E-state index in [1.165, 1.54) is 25.1 Å². The molecule has 3 aliphatic carbocycles. The standard InChI is InChI=1S/C27H26N2O8/c1-29(2)20-14-10-13-17(24(34)27(14,37)25(35)19(23(20)33)26(28)36)22(32)18-15(30)9-8-12(16(18)21(13)31)11-6-4-3-5-7-11/h3-9,13-14,20-21,30-32,35,37H,10H2,1-2H3,(H2,28,36)/t13-,14-,20-,21+,27-/m0/s1. The van der Waals surface area contributed by atoms with E-state index in [2.05, 4.69) is 0 Å². The Kier molecular flexibility index (Phi) is 5.52. The Morgan fingerprint density at radius 3 is 2.30 bits per heavy atom. The number of primary amides is 1. The molecule has 7 N–H and O–H groups in total. The Hall–Kier alpha value is -3.99. The van der Waals surface area contributed by atoms with E-state index < -0.39 is 75.5 Å². The van der Waals surface area contributed by atoms with Gasteiger partial charge in [-0.05, 0) is 37.7 Å². The van der Waals surface area contributed by atoms with Gasteiger partial charge in [-0.15, -0.1) is 0 Å². The van der Waals surface area contributed by atoms with E-state index in [-0.39, 0.29) is 17.5 Å². The van der Waals surface area contributed by atoms with E-state index >= 15 is 0 Å². The molecule has 5 atom stereocenters. The van der Waals surface area contributed by atoms with Gasteiger partial charge in [-0.25, -0.2) is 0 Å². The zero-order valence-electron chi connectivity index (χ0n) is 20.0. The van der Waals surface area contributed by atoms with E-state index in [1.54, 1.807) is 30.3 Å². The lowest BCUT2D eigenvalue weighted by molar-refractivity contribution is -0.155. The molecule has 10 nitrogen and oxygen atoms in total. The Labute approximate surface area is 211 Å². The van der Waals surface area contributed by atoms with Gasteiger partial charge in [-0.1, -0.05) is 36.4 Å². The van der Waals surface area contributed by atoms with Crippen molar-refractivity contribution < 1.29 is 39.9 Å². The third-order valence-corrected chi connectivity index (χ3v) is 7.78. The van der Waals surface area contributed by atoms with E-state index in [0.717, 1.165) is 0 Å². The van der Waals surface area contributed by atoms with Crippen LogP contribution in [0.15, 0.2) is 59.4 Å². The number of Topliss-reactive ketones (excluding diaryl/α,β-unsaturated/α-hetero) is 2. The fourth-order valence-corrected chi connectivity index (χ4v) is 6.15. The number of amides is 1. The number of rotatable bonds is 3. The summed E-state index contributed by atoms with van der Waals surface area (Å²) in [6.45, 7) is 0. The fraction of sp³-hybridized carbons (Fsp3) is 0.296. The van der Waals surface area contributed by atoms with Crippen molar-refractivity contribution in [3.8, 4) is 16.9 Å². The summed E-state index contributed by atoms with van der Waals surface area (Å²) in [5, 5.41) is 56.1. The second-order valence-corrected chi connectivity index (χ2v) is 9.90. The molecule has 0 unspecified atom stereocenters. The van der Waals surface area contributed by atoms with E-state index in [4.69, 9.17) is 5.73 Å². The molecule has 1 saturated carbocycles. The van der Waals surface area contributed by atoms with Crippen molar-refractivity contribution in [2.24, 2.45) is 17.6 Å². The number of hydrogen-bond acceptors (Lipinski definition) is 9. The molecular formula is C27H26N2O8. The molecule has 0 bridgehead atoms. The highest BCUT2D eigenvalue weighted by Gasteiger charge is 2.65. The number of aliphatic hydroxyl groups is 4. The maximum absolute atomic E-state index is 13.9. The van der Waals surface area contributed by atoms with Crippen molar-refractivity contribution in [1.82, 2.24) is 4.90 Å². The number of aromatic hydroxyl groups is 1. The van der Waals surface area contributed by atoms with Crippen LogP contribution in [0.25, 0.3) is 16.9 Å². The van der Waals surface area contributed by atoms with Gasteiger partial charge in [0.05, 0.1) is 17.7 Å². The van der Waals surface area contributed by atoms with Crippen molar-refractivity contribution in [2.45, 2.75) is 24.2 Å². The molecule has 0 saturated heterocycles. The van der Waals surface area contributed by atoms with Crippen molar-refractivity contribution in [2.75, 3.05) is 14.1 Å². The largest absolute Gasteiger partial charge is 0.508 e. The topological polar surface area (TPSA) is 182 Å². The molecule has 192 valence electrons. The lowest BCUT2D eigenvalue weighted by Gasteiger charge is -2.51. The summed E-state index contributed by atoms with van der Waals surface area (Å²) < 4.78 is 0. The number of carbonyl (C=O) groups excluding carboxylic acids is 3. The molecule has 2 aromatic carbocycles. The summed E-state index contributed by atoms with van der Waals surface area (Å²) in [6, 6.07) is 10.6. The predicted molar refractivity (Wildman–Crippen MR) is 131 cm³/mol. The molecule has 0 aliphatic heterocycles. The second kappa shape index (κ2) is 8.27. The van der Waals surface area contributed by atoms with Crippen LogP contribution in [0, 0.1) is 11.8 Å². The normalized spacial score (nSPS) is 29.2. The van der Waals surface area contributed by atoms with Gasteiger partial charge in [0.15, 0.2) is 11.4 Å². The van der Waals surface area contributed by atoms with Crippen LogP contribution in [0.2, 0.25) is 0 Å². The van der Waals surface area contributed by atoms with Gasteiger partial charge < -0.3 is 31.3 Å². The number of nitrogens with two attached hydrogens (primary N) is 1. The maximum Gasteiger partial charge on any atom is 0.255 e. The number of ketones is 2. The summed E-state index contributed by atoms with van der Waals surface area (Å²) in [4.78, 5) is 40.5. The minimum Gasteiger partial charge on any atom is -0.508 e. The highest BCUT2D eigenvalue weighted by atomic mass is 16.3. The molecule has 0 spiro atoms. The first kappa shape index (κ1) is 24.7. The molecule has 1 fully saturated rings. The van der Waals surface area contributed by atoms with Crippen LogP contribution in [0.5, 0.6) is 5.75 Å². The lowest BCUT2D eigenvalue weighted by Crippen LogP contribution is -2.66. The van der Waals surface area contributed by atoms with Crippen LogP contribution >= 0.6 is 0 Å². The molecule has 37 heavy (non-hydrogen) atoms. The number of nitrogens with zero attached hydrogens (tertiary/aromatic N) is 1. The first-order valence-electron chi connectivity index (χ1n) is 11.7. The minimum absolute atomic E-state index is 0.176. The number of aliphatic hydroxyl groups excluding tert-OH is 3. The number of hydrogen-bond donors (Lipinski definition) is 6. The molecule has 0 aromatic heterocycles. The summed E-state index contributed by atoms with van der Waals surface area (Å²) in [5.74, 6) is -7.97. The fourth-order valence-electron chi connectivity index (χ4n) is 6.15. The average molecular weight is 507 g/mol. The van der Waals surface area contributed by atoms with Gasteiger partial charge in [0, 0.05) is 23.0 Å². The zero-order valence-corrected chi connectivity index (χ0v) is 20.0. The van der Waals surface area contributed by atoms with Gasteiger partial charge in [-0.3, -0.25) is 19.3 Å². The highest BCUT2D eigenvalue weighted by molar-refractivity contribution is 6.24. The van der Waals surface area contributed by atoms with Crippen molar-refractivity contribution in [3.63, 3.8) is 0 Å². The lowest BCUT2D eigenvalue weighted by atomic mass is 9.56. The van der Waals surface area contributed by atoms with Gasteiger partial charge in [0.1, 0.15) is 22.8 Å². The first-order valence-corrected chi connectivity index (χ1v) is 11.7. The number of benzene rings is 2. The van der Waals surface area contributed by atoms with Crippen molar-refractivity contribution in [3.05, 3.63) is 70.5 Å². The predicted octanol–water partition coefficient (Wildman–Crippen LogP) is 1.12. The van der Waals surface area contributed by atoms with Crippen LogP contribution in [0.1, 0.15) is 23.7 Å². The van der Waals surface area contributed by atoms with Gasteiger partial charge >= 0.3 is 0 Å². The Balaban J connectivity index is 1.79. The zero-order chi connectivity index (χ0) is 27.0. The number of phenolic OH excluding ortho intramolecular Hbond substituents is 1. The van der Waals surface area contributed by atoms with Crippen LogP contribution in [0.4, 0.5) is 0 Å². The van der Waals surface area contributed by atoms with Crippen LogP contribution in [-0.4, -0.2) is 73.6 Å². The number of phenols is 1. The van der Waals surface area contributed by atoms with Crippen molar-refractivity contribution in [1.29, 1.82) is 0 Å². The molecule has 0 heterocycles. The van der Waals surface area contributed by atoms with Gasteiger partial charge in [0.2, 0.25) is 5.78 Å². The molecule has 10 heteroatoms. The Bertz CT molecular complexity index is 1430. The second-order valence-electron chi connectivity index (χ2n) is 9.90. The Morgan fingerprint density at radius 2 is 1.70 bits per heavy atom. The first-order chi connectivity index (χ1) is 17.4. The van der Waals surface area contributed by atoms with Crippen LogP contribution in [0.3, 0.4) is 0 Å². The van der Waals surface area contributed by atoms with Crippen molar-refractivity contribution >= 4 is 23.2 Å². The van der Waals surface area contributed by atoms with E-state index in [9.17, 15) is 39.9 Å². The minimum atomic E-state index is -2.77. The highest BCUT2D eigenvalue weighted by Crippen LogP contribution is 2.56. The average Bonchev–Trinajstić information content (AvgIpc) is 2.84. The molecule has 3 aliphatic rings. The monoisotopic (exact) mass is 506 g/mol. The van der Waals surface area contributed by atoms with E-state index in [0.29, 0.717) is 11.1 Å². The molecule has 1 amide bonds. The summed E-state index contributed by atoms with van der Waals surface area (Å²) in [5.41, 5.74) is 2.47. The SMILES string of the molecule is CN(C)[C@@H]1C(=O)C(C(N)=O)=C(O)[C@@]2(O)C(=O)C3=C(O)c4c(O)ccc(-c5ccccc5)c4[C@H](O)[C@H]3C[C@@H]12. The van der Waals surface area contributed by atoms with Crippen LogP contribution in [-0.2, 0) is 14.4 Å². The number of likely N-dealkylation sites (N-methyl/N-ethyl adjacent to an activating group) is 1. The summed E-state index contributed by atoms with van der Waals surface area (Å²) in [7, 11) is 3.02. The summed E-state index contributed by atoms with van der Waals surface area (Å²) >= 11 is 0. The van der Waals surface area contributed by atoms with Crippen LogP contribution < -0.4 is 5.73 Å². The van der Waals surface area contributed by atoms with Gasteiger partial charge in [-0.2, -0.15) is 0 Å². The third-order valence-electron chi connectivity index (χ3n) is 7.78. The Morgan fingerprint density at radius 1 is 1.05 bits per heavy atom. The van der Waals surface area contributed by atoms with Gasteiger partial charge in [0.25, 0.3) is 5.91 Å². The third kappa shape index (κ3) is 3.19. The molecule has 2 aromatic rings. The number of fused-ring (bicyclic) bond motifs is 3. The smallest absolute Gasteiger partial charge is 0.255 e. The maximum atomic E-state index is 13.9. The molecular weight excluding hydrogens is 480 g/mol. The van der Waals surface area contributed by atoms with E-state index in [1.807, 2.05) is 6.07 Å². The quantitative estimate of drug-likeness (QED) is 0.332.